The Labute approximate surface area is 129 Å². The maximum absolute atomic E-state index is 4.60. The molecule has 20 heavy (non-hydrogen) atoms. The van der Waals surface area contributed by atoms with E-state index < -0.39 is 0 Å². The van der Waals surface area contributed by atoms with Gasteiger partial charge in [-0.05, 0) is 45.4 Å². The molecular weight excluding hydrogens is 314 g/mol. The van der Waals surface area contributed by atoms with Gasteiger partial charge in [0.1, 0.15) is 0 Å². The molecule has 2 rings (SSSR count). The number of hydrogen-bond acceptors (Lipinski definition) is 2. The molecule has 1 heterocycles. The van der Waals surface area contributed by atoms with Crippen molar-refractivity contribution >= 4 is 15.9 Å². The zero-order chi connectivity index (χ0) is 14.8. The number of rotatable bonds is 4. The van der Waals surface area contributed by atoms with Crippen LogP contribution in [-0.2, 0) is 13.1 Å². The van der Waals surface area contributed by atoms with Crippen molar-refractivity contribution in [1.82, 2.24) is 15.1 Å². The van der Waals surface area contributed by atoms with Gasteiger partial charge in [0.2, 0.25) is 0 Å². The van der Waals surface area contributed by atoms with Crippen LogP contribution in [0.15, 0.2) is 34.9 Å². The minimum Gasteiger partial charge on any atom is -0.308 e. The second-order valence-electron chi connectivity index (χ2n) is 6.17. The van der Waals surface area contributed by atoms with Gasteiger partial charge in [-0.15, -0.1) is 0 Å². The van der Waals surface area contributed by atoms with Crippen LogP contribution in [0.2, 0.25) is 0 Å². The van der Waals surface area contributed by atoms with E-state index in [9.17, 15) is 0 Å². The Kier molecular flexibility index (Phi) is 4.66. The molecule has 0 saturated heterocycles. The standard InChI is InChI=1S/C16H22BrN3/c1-12-14(9-18-16(2,3)4)11-20(19-12)10-13-6-5-7-15(17)8-13/h5-8,11,18H,9-10H2,1-4H3. The van der Waals surface area contributed by atoms with Gasteiger partial charge in [-0.25, -0.2) is 0 Å². The normalized spacial score (nSPS) is 11.8. The van der Waals surface area contributed by atoms with Gasteiger partial charge in [0.15, 0.2) is 0 Å². The number of hydrogen-bond donors (Lipinski definition) is 1. The van der Waals surface area contributed by atoms with Crippen molar-refractivity contribution in [3.8, 4) is 0 Å². The molecule has 0 fully saturated rings. The topological polar surface area (TPSA) is 29.9 Å². The van der Waals surface area contributed by atoms with Crippen LogP contribution < -0.4 is 5.32 Å². The molecule has 0 aliphatic heterocycles. The molecule has 0 atom stereocenters. The van der Waals surface area contributed by atoms with Gasteiger partial charge in [0.05, 0.1) is 12.2 Å². The molecule has 0 radical (unpaired) electrons. The van der Waals surface area contributed by atoms with E-state index in [2.05, 4.69) is 78.4 Å². The summed E-state index contributed by atoms with van der Waals surface area (Å²) in [5.41, 5.74) is 3.72. The smallest absolute Gasteiger partial charge is 0.0659 e. The maximum Gasteiger partial charge on any atom is 0.0659 e. The Balaban J connectivity index is 2.07. The highest BCUT2D eigenvalue weighted by Gasteiger charge is 2.11. The fourth-order valence-corrected chi connectivity index (χ4v) is 2.44. The van der Waals surface area contributed by atoms with Crippen LogP contribution in [-0.4, -0.2) is 15.3 Å². The van der Waals surface area contributed by atoms with E-state index in [0.29, 0.717) is 0 Å². The predicted molar refractivity (Wildman–Crippen MR) is 86.8 cm³/mol. The molecule has 2 aromatic rings. The molecule has 1 aromatic heterocycles. The summed E-state index contributed by atoms with van der Waals surface area (Å²) in [7, 11) is 0. The molecule has 3 nitrogen and oxygen atoms in total. The van der Waals surface area contributed by atoms with Crippen molar-refractivity contribution in [2.45, 2.75) is 46.3 Å². The van der Waals surface area contributed by atoms with Crippen LogP contribution in [0, 0.1) is 6.92 Å². The molecule has 0 bridgehead atoms. The lowest BCUT2D eigenvalue weighted by Crippen LogP contribution is -2.35. The summed E-state index contributed by atoms with van der Waals surface area (Å²) in [6.07, 6.45) is 2.13. The van der Waals surface area contributed by atoms with Crippen molar-refractivity contribution < 1.29 is 0 Å². The highest BCUT2D eigenvalue weighted by atomic mass is 79.9. The molecule has 0 saturated carbocycles. The molecule has 1 N–H and O–H groups in total. The van der Waals surface area contributed by atoms with E-state index in [1.165, 1.54) is 11.1 Å². The molecule has 108 valence electrons. The number of aromatic nitrogens is 2. The lowest BCUT2D eigenvalue weighted by Gasteiger charge is -2.20. The minimum absolute atomic E-state index is 0.124. The molecule has 1 aromatic carbocycles. The summed E-state index contributed by atoms with van der Waals surface area (Å²) in [5, 5.41) is 8.10. The fourth-order valence-electron chi connectivity index (χ4n) is 2.00. The SMILES string of the molecule is Cc1nn(Cc2cccc(Br)c2)cc1CNC(C)(C)C. The first kappa shape index (κ1) is 15.3. The quantitative estimate of drug-likeness (QED) is 0.918. The Morgan fingerprint density at radius 3 is 2.70 bits per heavy atom. The Bertz CT molecular complexity index is 582. The number of benzene rings is 1. The second-order valence-corrected chi connectivity index (χ2v) is 7.09. The van der Waals surface area contributed by atoms with E-state index in [-0.39, 0.29) is 5.54 Å². The van der Waals surface area contributed by atoms with E-state index >= 15 is 0 Å². The van der Waals surface area contributed by atoms with Crippen molar-refractivity contribution in [3.63, 3.8) is 0 Å². The number of nitrogens with zero attached hydrogens (tertiary/aromatic N) is 2. The Hall–Kier alpha value is -1.13. The van der Waals surface area contributed by atoms with Crippen molar-refractivity contribution in [2.24, 2.45) is 0 Å². The van der Waals surface area contributed by atoms with E-state index in [1.807, 2.05) is 10.7 Å². The van der Waals surface area contributed by atoms with Gasteiger partial charge in [0.25, 0.3) is 0 Å². The molecule has 0 amide bonds. The Morgan fingerprint density at radius 2 is 2.05 bits per heavy atom. The summed E-state index contributed by atoms with van der Waals surface area (Å²) >= 11 is 3.50. The monoisotopic (exact) mass is 335 g/mol. The zero-order valence-electron chi connectivity index (χ0n) is 12.6. The van der Waals surface area contributed by atoms with Crippen LogP contribution in [0.5, 0.6) is 0 Å². The van der Waals surface area contributed by atoms with Crippen molar-refractivity contribution in [2.75, 3.05) is 0 Å². The minimum atomic E-state index is 0.124. The summed E-state index contributed by atoms with van der Waals surface area (Å²) in [5.74, 6) is 0. The average molecular weight is 336 g/mol. The van der Waals surface area contributed by atoms with Gasteiger partial charge in [-0.3, -0.25) is 4.68 Å². The van der Waals surface area contributed by atoms with Crippen LogP contribution in [0.25, 0.3) is 0 Å². The first-order chi connectivity index (χ1) is 9.33. The van der Waals surface area contributed by atoms with Gasteiger partial charge >= 0.3 is 0 Å². The predicted octanol–water partition coefficient (Wildman–Crippen LogP) is 3.89. The molecule has 4 heteroatoms. The lowest BCUT2D eigenvalue weighted by molar-refractivity contribution is 0.423. The first-order valence-electron chi connectivity index (χ1n) is 6.86. The third-order valence-corrected chi connectivity index (χ3v) is 3.58. The van der Waals surface area contributed by atoms with Crippen LogP contribution >= 0.6 is 15.9 Å². The molecule has 0 unspecified atom stereocenters. The maximum atomic E-state index is 4.60. The van der Waals surface area contributed by atoms with Crippen molar-refractivity contribution in [3.05, 3.63) is 51.8 Å². The zero-order valence-corrected chi connectivity index (χ0v) is 14.2. The van der Waals surface area contributed by atoms with Crippen molar-refractivity contribution in [1.29, 1.82) is 0 Å². The molecule has 0 aliphatic rings. The summed E-state index contributed by atoms with van der Waals surface area (Å²) < 4.78 is 3.12. The Morgan fingerprint density at radius 1 is 1.30 bits per heavy atom. The molecular formula is C16H22BrN3. The van der Waals surface area contributed by atoms with Gasteiger partial charge < -0.3 is 5.32 Å². The number of halogens is 1. The highest BCUT2D eigenvalue weighted by Crippen LogP contribution is 2.14. The fraction of sp³-hybridized carbons (Fsp3) is 0.438. The second kappa shape index (κ2) is 6.10. The first-order valence-corrected chi connectivity index (χ1v) is 7.65. The summed E-state index contributed by atoms with van der Waals surface area (Å²) in [4.78, 5) is 0. The third kappa shape index (κ3) is 4.46. The van der Waals surface area contributed by atoms with Crippen LogP contribution in [0.4, 0.5) is 0 Å². The number of nitrogens with one attached hydrogen (secondary N) is 1. The van der Waals surface area contributed by atoms with E-state index in [4.69, 9.17) is 0 Å². The summed E-state index contributed by atoms with van der Waals surface area (Å²) in [6, 6.07) is 8.34. The molecule has 0 aliphatic carbocycles. The highest BCUT2D eigenvalue weighted by molar-refractivity contribution is 9.10. The van der Waals surface area contributed by atoms with Gasteiger partial charge in [-0.2, -0.15) is 5.10 Å². The van der Waals surface area contributed by atoms with Gasteiger partial charge in [0, 0.05) is 28.3 Å². The third-order valence-electron chi connectivity index (χ3n) is 3.09. The van der Waals surface area contributed by atoms with Gasteiger partial charge in [-0.1, -0.05) is 28.1 Å². The lowest BCUT2D eigenvalue weighted by atomic mass is 10.1. The van der Waals surface area contributed by atoms with Crippen LogP contribution in [0.1, 0.15) is 37.6 Å². The number of aryl methyl sites for hydroxylation is 1. The molecule has 0 spiro atoms. The average Bonchev–Trinajstić information content (AvgIpc) is 2.66. The van der Waals surface area contributed by atoms with E-state index in [1.54, 1.807) is 0 Å². The largest absolute Gasteiger partial charge is 0.308 e. The van der Waals surface area contributed by atoms with Crippen LogP contribution in [0.3, 0.4) is 0 Å². The summed E-state index contributed by atoms with van der Waals surface area (Å²) in [6.45, 7) is 10.2. The van der Waals surface area contributed by atoms with E-state index in [0.717, 1.165) is 23.3 Å².